The minimum absolute atomic E-state index is 0.211. The van der Waals surface area contributed by atoms with Crippen LogP contribution in [0.3, 0.4) is 0 Å². The number of anilines is 3. The maximum Gasteiger partial charge on any atom is 0.243 e. The molecule has 0 aliphatic carbocycles. The molecule has 2 aliphatic heterocycles. The normalized spacial score (nSPS) is 20.4. The van der Waals surface area contributed by atoms with Crippen LogP contribution in [0.5, 0.6) is 0 Å². The summed E-state index contributed by atoms with van der Waals surface area (Å²) in [7, 11) is 2.35. The van der Waals surface area contributed by atoms with Crippen molar-refractivity contribution >= 4 is 52.4 Å². The van der Waals surface area contributed by atoms with E-state index in [-0.39, 0.29) is 5.91 Å². The molecule has 2 heterocycles. The summed E-state index contributed by atoms with van der Waals surface area (Å²) in [6, 6.07) is 13.7. The Balaban J connectivity index is 1.45. The third kappa shape index (κ3) is 5.71. The van der Waals surface area contributed by atoms with Gasteiger partial charge in [0.1, 0.15) is 4.75 Å². The van der Waals surface area contributed by atoms with Gasteiger partial charge in [0.2, 0.25) is 17.8 Å². The van der Waals surface area contributed by atoms with Gasteiger partial charge in [0.05, 0.1) is 21.4 Å². The highest BCUT2D eigenvalue weighted by Gasteiger charge is 2.46. The molecule has 2 aromatic rings. The SMILES string of the molecule is C=NC(=NC(=NC)Nc1ccc2c(c1)NC(=O)C(CC)(CC)S2=O)Nc1ccc(C2CCN(C)CC2)cc1. The second-order valence-electron chi connectivity index (χ2n) is 9.73. The number of amides is 1. The summed E-state index contributed by atoms with van der Waals surface area (Å²) in [5.74, 6) is 0.987. The number of likely N-dealkylation sites (tertiary alicyclic amines) is 1. The zero-order chi connectivity index (χ0) is 27.3. The molecule has 0 bridgehead atoms. The number of guanidine groups is 2. The van der Waals surface area contributed by atoms with Crippen molar-refractivity contribution in [2.24, 2.45) is 15.0 Å². The third-order valence-corrected chi connectivity index (χ3v) is 9.75. The molecule has 3 N–H and O–H groups in total. The van der Waals surface area contributed by atoms with Gasteiger partial charge in [-0.05, 0) is 94.4 Å². The van der Waals surface area contributed by atoms with Crippen LogP contribution >= 0.6 is 0 Å². The Morgan fingerprint density at radius 1 is 1.08 bits per heavy atom. The molecule has 1 atom stereocenters. The minimum atomic E-state index is -1.44. The number of hydrogen-bond acceptors (Lipinski definition) is 4. The second kappa shape index (κ2) is 12.0. The predicted molar refractivity (Wildman–Crippen MR) is 158 cm³/mol. The summed E-state index contributed by atoms with van der Waals surface area (Å²) < 4.78 is 12.3. The number of piperidine rings is 1. The molecule has 0 radical (unpaired) electrons. The Morgan fingerprint density at radius 3 is 2.32 bits per heavy atom. The molecule has 1 amide bonds. The first kappa shape index (κ1) is 27.7. The van der Waals surface area contributed by atoms with E-state index in [0.717, 1.165) is 18.8 Å². The molecular formula is C28H37N7O2S. The van der Waals surface area contributed by atoms with Crippen molar-refractivity contribution in [1.29, 1.82) is 0 Å². The smallest absolute Gasteiger partial charge is 0.243 e. The Bertz CT molecular complexity index is 1260. The topological polar surface area (TPSA) is 111 Å². The summed E-state index contributed by atoms with van der Waals surface area (Å²) in [6.45, 7) is 9.68. The van der Waals surface area contributed by atoms with Crippen LogP contribution in [0.15, 0.2) is 62.3 Å². The summed E-state index contributed by atoms with van der Waals surface area (Å²) in [5, 5.41) is 9.28. The fourth-order valence-corrected chi connectivity index (χ4v) is 6.67. The van der Waals surface area contributed by atoms with Crippen molar-refractivity contribution in [3.8, 4) is 0 Å². The largest absolute Gasteiger partial charge is 0.324 e. The Labute approximate surface area is 227 Å². The van der Waals surface area contributed by atoms with Gasteiger partial charge >= 0.3 is 0 Å². The van der Waals surface area contributed by atoms with Gasteiger partial charge < -0.3 is 20.9 Å². The monoisotopic (exact) mass is 535 g/mol. The number of carbonyl (C=O) groups is 1. The van der Waals surface area contributed by atoms with Crippen LogP contribution in [-0.4, -0.2) is 65.6 Å². The fraction of sp³-hybridized carbons (Fsp3) is 0.429. The van der Waals surface area contributed by atoms with Crippen LogP contribution in [0.1, 0.15) is 51.0 Å². The maximum absolute atomic E-state index is 13.2. The highest BCUT2D eigenvalue weighted by molar-refractivity contribution is 7.87. The van der Waals surface area contributed by atoms with E-state index in [4.69, 9.17) is 0 Å². The molecule has 202 valence electrons. The Morgan fingerprint density at radius 2 is 1.71 bits per heavy atom. The molecule has 2 aliphatic rings. The van der Waals surface area contributed by atoms with Crippen LogP contribution < -0.4 is 16.0 Å². The lowest BCUT2D eigenvalue weighted by atomic mass is 9.89. The minimum Gasteiger partial charge on any atom is -0.324 e. The molecule has 10 heteroatoms. The van der Waals surface area contributed by atoms with Crippen molar-refractivity contribution in [2.75, 3.05) is 43.1 Å². The van der Waals surface area contributed by atoms with Gasteiger partial charge in [-0.15, -0.1) is 0 Å². The third-order valence-electron chi connectivity index (χ3n) is 7.52. The van der Waals surface area contributed by atoms with Gasteiger partial charge in [-0.1, -0.05) is 26.0 Å². The molecule has 1 fully saturated rings. The molecule has 4 rings (SSSR count). The first-order valence-corrected chi connectivity index (χ1v) is 14.2. The Kier molecular flexibility index (Phi) is 8.73. The first-order valence-electron chi connectivity index (χ1n) is 13.1. The molecule has 1 unspecified atom stereocenters. The molecular weight excluding hydrogens is 498 g/mol. The summed E-state index contributed by atoms with van der Waals surface area (Å²) in [5.41, 5.74) is 3.39. The van der Waals surface area contributed by atoms with Gasteiger partial charge in [-0.2, -0.15) is 4.99 Å². The van der Waals surface area contributed by atoms with E-state index in [1.54, 1.807) is 25.2 Å². The second-order valence-corrected chi connectivity index (χ2v) is 11.5. The number of nitrogens with zero attached hydrogens (tertiary/aromatic N) is 4. The quantitative estimate of drug-likeness (QED) is 0.380. The number of aliphatic imine (C=N–C) groups is 3. The zero-order valence-corrected chi connectivity index (χ0v) is 23.4. The van der Waals surface area contributed by atoms with E-state index in [1.165, 1.54) is 18.4 Å². The summed E-state index contributed by atoms with van der Waals surface area (Å²) in [6.07, 6.45) is 3.36. The number of fused-ring (bicyclic) bond motifs is 1. The van der Waals surface area contributed by atoms with Crippen LogP contribution in [0, 0.1) is 0 Å². The van der Waals surface area contributed by atoms with Crippen molar-refractivity contribution < 1.29 is 9.00 Å². The molecule has 0 spiro atoms. The van der Waals surface area contributed by atoms with Crippen LogP contribution in [-0.2, 0) is 15.6 Å². The van der Waals surface area contributed by atoms with Crippen molar-refractivity contribution in [2.45, 2.75) is 55.1 Å². The van der Waals surface area contributed by atoms with Crippen molar-refractivity contribution in [3.05, 3.63) is 48.0 Å². The van der Waals surface area contributed by atoms with E-state index in [1.807, 2.05) is 26.0 Å². The maximum atomic E-state index is 13.2. The average Bonchev–Trinajstić information content (AvgIpc) is 2.93. The number of rotatable bonds is 5. The van der Waals surface area contributed by atoms with E-state index >= 15 is 0 Å². The van der Waals surface area contributed by atoms with Crippen LogP contribution in [0.2, 0.25) is 0 Å². The average molecular weight is 536 g/mol. The highest BCUT2D eigenvalue weighted by Crippen LogP contribution is 2.39. The van der Waals surface area contributed by atoms with E-state index in [2.05, 4.69) is 61.7 Å². The van der Waals surface area contributed by atoms with E-state index in [0.29, 0.717) is 46.9 Å². The van der Waals surface area contributed by atoms with Crippen molar-refractivity contribution in [3.63, 3.8) is 0 Å². The molecule has 38 heavy (non-hydrogen) atoms. The number of hydrogen-bond donors (Lipinski definition) is 3. The van der Waals surface area contributed by atoms with E-state index in [9.17, 15) is 9.00 Å². The number of carbonyl (C=O) groups excluding carboxylic acids is 1. The zero-order valence-electron chi connectivity index (χ0n) is 22.6. The molecule has 1 saturated heterocycles. The van der Waals surface area contributed by atoms with E-state index < -0.39 is 15.5 Å². The van der Waals surface area contributed by atoms with Gasteiger partial charge in [0.25, 0.3) is 0 Å². The van der Waals surface area contributed by atoms with Crippen LogP contribution in [0.4, 0.5) is 17.1 Å². The Hall–Kier alpha value is -3.37. The van der Waals surface area contributed by atoms with Gasteiger partial charge in [0.15, 0.2) is 0 Å². The van der Waals surface area contributed by atoms with Gasteiger partial charge in [0, 0.05) is 18.4 Å². The van der Waals surface area contributed by atoms with Crippen molar-refractivity contribution in [1.82, 2.24) is 4.90 Å². The fourth-order valence-electron chi connectivity index (χ4n) is 5.01. The molecule has 0 aromatic heterocycles. The predicted octanol–water partition coefficient (Wildman–Crippen LogP) is 4.68. The molecule has 0 saturated carbocycles. The highest BCUT2D eigenvalue weighted by atomic mass is 32.2. The lowest BCUT2D eigenvalue weighted by Crippen LogP contribution is -2.48. The van der Waals surface area contributed by atoms with Gasteiger partial charge in [-0.25, -0.2) is 4.99 Å². The first-order chi connectivity index (χ1) is 18.3. The summed E-state index contributed by atoms with van der Waals surface area (Å²) >= 11 is 0. The number of nitrogens with one attached hydrogen (secondary N) is 3. The molecule has 2 aromatic carbocycles. The standard InChI is InChI=1S/C28H37N7O2S/c1-6-28(7-2)25(36)33-23-18-22(12-13-24(23)38(28)37)32-27(30-4)34-26(29-3)31-21-10-8-19(9-11-21)20-14-16-35(5)17-15-20/h8-13,18,20H,3,6-7,14-17H2,1-2,4-5H3,(H,33,36)(H2,30,31,32,34). The van der Waals surface area contributed by atoms with Crippen LogP contribution in [0.25, 0.3) is 0 Å². The lowest BCUT2D eigenvalue weighted by molar-refractivity contribution is -0.118. The summed E-state index contributed by atoms with van der Waals surface area (Å²) in [4.78, 5) is 28.5. The lowest BCUT2D eigenvalue weighted by Gasteiger charge is -2.34. The number of benzene rings is 2. The molecule has 9 nitrogen and oxygen atoms in total. The van der Waals surface area contributed by atoms with Gasteiger partial charge in [-0.3, -0.25) is 14.0 Å².